The summed E-state index contributed by atoms with van der Waals surface area (Å²) in [5.74, 6) is -0.942. The number of amides is 2. The number of carbonyl (C=O) groups excluding carboxylic acids is 2. The van der Waals surface area contributed by atoms with E-state index in [1.54, 1.807) is 42.5 Å². The molecule has 2 aromatic carbocycles. The molecule has 0 aliphatic rings. The van der Waals surface area contributed by atoms with Crippen LogP contribution in [-0.2, 0) is 11.3 Å². The number of carbonyl (C=O) groups is 2. The summed E-state index contributed by atoms with van der Waals surface area (Å²) in [7, 11) is 1.41. The largest absolute Gasteiger partial charge is 0.494 e. The molecule has 6 nitrogen and oxygen atoms in total. The van der Waals surface area contributed by atoms with Gasteiger partial charge in [-0.15, -0.1) is 0 Å². The highest BCUT2D eigenvalue weighted by molar-refractivity contribution is 5.95. The van der Waals surface area contributed by atoms with E-state index in [1.165, 1.54) is 13.2 Å². The molecule has 1 atom stereocenters. The highest BCUT2D eigenvalue weighted by Gasteiger charge is 2.15. The molecule has 26 heavy (non-hydrogen) atoms. The molecule has 0 aliphatic carbocycles. The minimum absolute atomic E-state index is 0.152. The molecule has 0 radical (unpaired) electrons. The summed E-state index contributed by atoms with van der Waals surface area (Å²) in [6.07, 6.45) is 0. The van der Waals surface area contributed by atoms with Crippen LogP contribution in [0.4, 0.5) is 4.39 Å². The van der Waals surface area contributed by atoms with Crippen LogP contribution in [-0.4, -0.2) is 32.0 Å². The first-order chi connectivity index (χ1) is 12.5. The number of ether oxygens (including phenoxy) is 1. The summed E-state index contributed by atoms with van der Waals surface area (Å²) in [5.41, 5.74) is 6.02. The van der Waals surface area contributed by atoms with E-state index in [4.69, 9.17) is 4.74 Å². The van der Waals surface area contributed by atoms with E-state index in [-0.39, 0.29) is 24.1 Å². The lowest BCUT2D eigenvalue weighted by molar-refractivity contribution is -0.904. The molecule has 0 spiro atoms. The van der Waals surface area contributed by atoms with Crippen LogP contribution in [0.1, 0.15) is 22.8 Å². The molecule has 0 aromatic heterocycles. The van der Waals surface area contributed by atoms with Gasteiger partial charge in [-0.2, -0.15) is 0 Å². The Morgan fingerprint density at radius 3 is 2.46 bits per heavy atom. The summed E-state index contributed by atoms with van der Waals surface area (Å²) in [4.78, 5) is 24.9. The molecule has 7 heteroatoms. The quantitative estimate of drug-likeness (QED) is 0.637. The van der Waals surface area contributed by atoms with Crippen LogP contribution in [0, 0.1) is 5.82 Å². The maximum atomic E-state index is 13.8. The Labute approximate surface area is 151 Å². The number of rotatable bonds is 7. The van der Waals surface area contributed by atoms with Gasteiger partial charge in [0.15, 0.2) is 18.1 Å². The van der Waals surface area contributed by atoms with Gasteiger partial charge in [0.1, 0.15) is 6.54 Å². The maximum Gasteiger partial charge on any atom is 0.293 e. The SMILES string of the molecule is CC[NH+](CC(=O)NNC(=O)c1ccccc1)Cc1ccc(OC)c(F)c1. The highest BCUT2D eigenvalue weighted by atomic mass is 19.1. The Kier molecular flexibility index (Phi) is 7.11. The Hall–Kier alpha value is -2.93. The third-order valence-corrected chi connectivity index (χ3v) is 3.93. The normalized spacial score (nSPS) is 11.5. The molecule has 2 rings (SSSR count). The number of halogens is 1. The van der Waals surface area contributed by atoms with Crippen LogP contribution in [0.25, 0.3) is 0 Å². The van der Waals surface area contributed by atoms with Crippen LogP contribution in [0.15, 0.2) is 48.5 Å². The predicted molar refractivity (Wildman–Crippen MR) is 95.1 cm³/mol. The second-order valence-electron chi connectivity index (χ2n) is 5.79. The topological polar surface area (TPSA) is 71.9 Å². The van der Waals surface area contributed by atoms with Gasteiger partial charge in [-0.05, 0) is 37.3 Å². The zero-order valence-corrected chi connectivity index (χ0v) is 14.8. The van der Waals surface area contributed by atoms with Crippen molar-refractivity contribution in [1.29, 1.82) is 0 Å². The van der Waals surface area contributed by atoms with Gasteiger partial charge in [0.25, 0.3) is 11.8 Å². The summed E-state index contributed by atoms with van der Waals surface area (Å²) >= 11 is 0. The number of nitrogens with one attached hydrogen (secondary N) is 3. The monoisotopic (exact) mass is 360 g/mol. The van der Waals surface area contributed by atoms with E-state index in [1.807, 2.05) is 6.92 Å². The third kappa shape index (κ3) is 5.56. The first-order valence-corrected chi connectivity index (χ1v) is 8.33. The van der Waals surface area contributed by atoms with Crippen molar-refractivity contribution in [2.45, 2.75) is 13.5 Å². The number of methoxy groups -OCH3 is 1. The van der Waals surface area contributed by atoms with E-state index in [0.29, 0.717) is 18.7 Å². The Bertz CT molecular complexity index is 753. The fourth-order valence-electron chi connectivity index (χ4n) is 2.48. The molecule has 0 saturated carbocycles. The van der Waals surface area contributed by atoms with Crippen LogP contribution < -0.4 is 20.5 Å². The predicted octanol–water partition coefficient (Wildman–Crippen LogP) is 0.700. The molecule has 3 N–H and O–H groups in total. The Morgan fingerprint density at radius 2 is 1.85 bits per heavy atom. The van der Waals surface area contributed by atoms with Crippen molar-refractivity contribution in [2.24, 2.45) is 0 Å². The summed E-state index contributed by atoms with van der Waals surface area (Å²) in [6.45, 7) is 3.25. The van der Waals surface area contributed by atoms with Crippen LogP contribution in [0.5, 0.6) is 5.75 Å². The van der Waals surface area contributed by atoms with E-state index in [9.17, 15) is 14.0 Å². The second kappa shape index (κ2) is 9.53. The van der Waals surface area contributed by atoms with Gasteiger partial charge in [-0.1, -0.05) is 18.2 Å². The van der Waals surface area contributed by atoms with Gasteiger partial charge < -0.3 is 9.64 Å². The molecule has 0 heterocycles. The lowest BCUT2D eigenvalue weighted by atomic mass is 10.2. The van der Waals surface area contributed by atoms with Crippen LogP contribution >= 0.6 is 0 Å². The van der Waals surface area contributed by atoms with Gasteiger partial charge in [-0.3, -0.25) is 20.4 Å². The van der Waals surface area contributed by atoms with Gasteiger partial charge >= 0.3 is 0 Å². The molecular formula is C19H23FN3O3+. The molecule has 2 amide bonds. The Morgan fingerprint density at radius 1 is 1.12 bits per heavy atom. The average Bonchev–Trinajstić information content (AvgIpc) is 2.66. The molecule has 0 aliphatic heterocycles. The van der Waals surface area contributed by atoms with E-state index in [2.05, 4.69) is 10.9 Å². The standard InChI is InChI=1S/C19H22FN3O3/c1-3-23(12-14-9-10-17(26-2)16(20)11-14)13-18(24)21-22-19(25)15-7-5-4-6-8-15/h4-11H,3,12-13H2,1-2H3,(H,21,24)(H,22,25)/p+1. The van der Waals surface area contributed by atoms with E-state index >= 15 is 0 Å². The zero-order valence-electron chi connectivity index (χ0n) is 14.8. The van der Waals surface area contributed by atoms with Crippen molar-refractivity contribution in [3.8, 4) is 5.75 Å². The number of hydrogen-bond donors (Lipinski definition) is 3. The second-order valence-corrected chi connectivity index (χ2v) is 5.79. The van der Waals surface area contributed by atoms with Crippen molar-refractivity contribution in [2.75, 3.05) is 20.2 Å². The van der Waals surface area contributed by atoms with E-state index < -0.39 is 5.82 Å². The summed E-state index contributed by atoms with van der Waals surface area (Å²) < 4.78 is 18.7. The molecule has 1 unspecified atom stereocenters. The number of hydrazine groups is 1. The van der Waals surface area contributed by atoms with Gasteiger partial charge in [0.05, 0.1) is 13.7 Å². The van der Waals surface area contributed by atoms with Gasteiger partial charge in [0.2, 0.25) is 0 Å². The van der Waals surface area contributed by atoms with Crippen molar-refractivity contribution < 1.29 is 23.6 Å². The van der Waals surface area contributed by atoms with Crippen molar-refractivity contribution >= 4 is 11.8 Å². The van der Waals surface area contributed by atoms with Crippen molar-refractivity contribution in [3.63, 3.8) is 0 Å². The van der Waals surface area contributed by atoms with Crippen LogP contribution in [0.2, 0.25) is 0 Å². The summed E-state index contributed by atoms with van der Waals surface area (Å²) in [6, 6.07) is 13.3. The minimum Gasteiger partial charge on any atom is -0.494 e. The smallest absolute Gasteiger partial charge is 0.293 e. The van der Waals surface area contributed by atoms with Gasteiger partial charge in [0, 0.05) is 11.1 Å². The number of likely N-dealkylation sites (N-methyl/N-ethyl adjacent to an activating group) is 1. The lowest BCUT2D eigenvalue weighted by Crippen LogP contribution is -3.11. The highest BCUT2D eigenvalue weighted by Crippen LogP contribution is 2.17. The molecule has 0 saturated heterocycles. The van der Waals surface area contributed by atoms with Gasteiger partial charge in [-0.25, -0.2) is 4.39 Å². The molecular weight excluding hydrogens is 337 g/mol. The molecule has 0 bridgehead atoms. The first kappa shape index (κ1) is 19.4. The average molecular weight is 360 g/mol. The maximum absolute atomic E-state index is 13.8. The molecule has 138 valence electrons. The fourth-order valence-corrected chi connectivity index (χ4v) is 2.48. The van der Waals surface area contributed by atoms with Crippen molar-refractivity contribution in [1.82, 2.24) is 10.9 Å². The summed E-state index contributed by atoms with van der Waals surface area (Å²) in [5, 5.41) is 0. The van der Waals surface area contributed by atoms with Crippen molar-refractivity contribution in [3.05, 3.63) is 65.5 Å². The molecule has 2 aromatic rings. The lowest BCUT2D eigenvalue weighted by Gasteiger charge is -2.18. The Balaban J connectivity index is 1.86. The number of quaternary nitrogens is 1. The number of benzene rings is 2. The number of hydrogen-bond acceptors (Lipinski definition) is 3. The zero-order chi connectivity index (χ0) is 18.9. The fraction of sp³-hybridized carbons (Fsp3) is 0.263. The third-order valence-electron chi connectivity index (χ3n) is 3.93. The molecule has 0 fully saturated rings. The minimum atomic E-state index is -0.431. The first-order valence-electron chi connectivity index (χ1n) is 8.33. The van der Waals surface area contributed by atoms with E-state index in [0.717, 1.165) is 10.5 Å². The van der Waals surface area contributed by atoms with Crippen LogP contribution in [0.3, 0.4) is 0 Å².